The molecule has 0 bridgehead atoms. The number of likely N-dealkylation sites (tertiary alicyclic amines) is 1. The van der Waals surface area contributed by atoms with Crippen molar-refractivity contribution in [1.29, 1.82) is 5.26 Å². The zero-order chi connectivity index (χ0) is 26.2. The maximum Gasteiger partial charge on any atom is 0.335 e. The molecule has 0 unspecified atom stereocenters. The van der Waals surface area contributed by atoms with Crippen molar-refractivity contribution >= 4 is 17.0 Å². The lowest BCUT2D eigenvalue weighted by Crippen LogP contribution is -2.35. The first kappa shape index (κ1) is 24.1. The molecule has 1 fully saturated rings. The second-order valence-corrected chi connectivity index (χ2v) is 9.85. The highest BCUT2D eigenvalue weighted by Crippen LogP contribution is 2.38. The number of piperidine rings is 1. The maximum atomic E-state index is 14.2. The number of carboxylic acids is 1. The third-order valence-electron chi connectivity index (χ3n) is 7.64. The summed E-state index contributed by atoms with van der Waals surface area (Å²) in [5.41, 5.74) is 3.64. The van der Waals surface area contributed by atoms with Gasteiger partial charge in [-0.1, -0.05) is 12.1 Å². The van der Waals surface area contributed by atoms with Crippen molar-refractivity contribution in [2.75, 3.05) is 13.1 Å². The second kappa shape index (κ2) is 9.88. The first-order valence-electron chi connectivity index (χ1n) is 12.8. The molecule has 8 nitrogen and oxygen atoms in total. The van der Waals surface area contributed by atoms with Crippen LogP contribution in [-0.2, 0) is 13.2 Å². The fraction of sp³-hybridized carbons (Fsp3) is 0.310. The molecular weight excluding hydrogens is 485 g/mol. The number of fused-ring (bicyclic) bond motifs is 3. The number of halogens is 1. The topological polar surface area (TPSA) is 104 Å². The van der Waals surface area contributed by atoms with E-state index in [9.17, 15) is 14.3 Å². The predicted octanol–water partition coefficient (Wildman–Crippen LogP) is 5.04. The van der Waals surface area contributed by atoms with Gasteiger partial charge in [-0.15, -0.1) is 0 Å². The van der Waals surface area contributed by atoms with Gasteiger partial charge in [0, 0.05) is 29.8 Å². The third kappa shape index (κ3) is 4.48. The summed E-state index contributed by atoms with van der Waals surface area (Å²) < 4.78 is 22.1. The Labute approximate surface area is 218 Å². The number of ether oxygens (including phenoxy) is 1. The Morgan fingerprint density at radius 2 is 1.92 bits per heavy atom. The van der Waals surface area contributed by atoms with Crippen LogP contribution in [0, 0.1) is 17.1 Å². The van der Waals surface area contributed by atoms with Gasteiger partial charge in [0.05, 0.1) is 34.3 Å². The number of hydrogen-bond donors (Lipinski definition) is 1. The number of aromatic carboxylic acids is 1. The number of benzene rings is 2. The van der Waals surface area contributed by atoms with Crippen molar-refractivity contribution in [2.24, 2.45) is 0 Å². The third-order valence-corrected chi connectivity index (χ3v) is 7.64. The second-order valence-electron chi connectivity index (χ2n) is 9.85. The van der Waals surface area contributed by atoms with E-state index in [0.29, 0.717) is 17.4 Å². The number of nitrogens with zero attached hydrogens (tertiary/aromatic N) is 5. The lowest BCUT2D eigenvalue weighted by molar-refractivity contribution is 0.0697. The summed E-state index contributed by atoms with van der Waals surface area (Å²) in [5, 5.41) is 18.3. The molecule has 2 aliphatic rings. The maximum absolute atomic E-state index is 14.2. The van der Waals surface area contributed by atoms with Crippen LogP contribution in [0.5, 0.6) is 5.88 Å². The number of carbonyl (C=O) groups is 1. The molecule has 2 aromatic carbocycles. The van der Waals surface area contributed by atoms with Crippen LogP contribution >= 0.6 is 0 Å². The molecule has 1 atom stereocenters. The van der Waals surface area contributed by atoms with Crippen LogP contribution in [0.4, 0.5) is 4.39 Å². The molecule has 2 aromatic heterocycles. The number of carboxylic acid groups (broad SMARTS) is 1. The van der Waals surface area contributed by atoms with Gasteiger partial charge in [0.2, 0.25) is 5.88 Å². The monoisotopic (exact) mass is 511 g/mol. The largest absolute Gasteiger partial charge is 0.478 e. The number of hydrogen-bond acceptors (Lipinski definition) is 6. The van der Waals surface area contributed by atoms with E-state index in [-0.39, 0.29) is 23.8 Å². The first-order valence-corrected chi connectivity index (χ1v) is 12.8. The summed E-state index contributed by atoms with van der Waals surface area (Å²) in [6.45, 7) is 2.72. The molecule has 9 heteroatoms. The minimum atomic E-state index is -0.927. The first-order chi connectivity index (χ1) is 18.5. The molecule has 2 aliphatic heterocycles. The molecule has 0 spiro atoms. The standard InChI is InChI=1S/C29H26FN5O3/c30-22-14-18(16-31)4-5-21(22)17-38-27-3-1-2-23(32-27)19-8-11-34(12-9-19)25-10-13-35-26-15-20(29(36)37)6-7-24(26)33-28(25)35/h1-7,14-15,19,25H,8-13,17H2,(H,36,37)/t25-/m1/s1. The van der Waals surface area contributed by atoms with Crippen LogP contribution < -0.4 is 4.74 Å². The molecule has 192 valence electrons. The Morgan fingerprint density at radius 1 is 1.08 bits per heavy atom. The molecule has 4 heterocycles. The van der Waals surface area contributed by atoms with Gasteiger partial charge in [-0.05, 0) is 68.8 Å². The van der Waals surface area contributed by atoms with E-state index < -0.39 is 11.8 Å². The summed E-state index contributed by atoms with van der Waals surface area (Å²) in [6, 6.07) is 17.3. The van der Waals surface area contributed by atoms with E-state index >= 15 is 0 Å². The van der Waals surface area contributed by atoms with E-state index in [1.807, 2.05) is 18.2 Å². The van der Waals surface area contributed by atoms with Crippen molar-refractivity contribution in [3.8, 4) is 11.9 Å². The number of aryl methyl sites for hydroxylation is 1. The molecule has 38 heavy (non-hydrogen) atoms. The predicted molar refractivity (Wildman–Crippen MR) is 137 cm³/mol. The lowest BCUT2D eigenvalue weighted by atomic mass is 9.92. The van der Waals surface area contributed by atoms with E-state index in [1.165, 1.54) is 6.07 Å². The van der Waals surface area contributed by atoms with Crippen molar-refractivity contribution in [3.05, 3.63) is 88.6 Å². The molecule has 0 saturated carbocycles. The van der Waals surface area contributed by atoms with Crippen LogP contribution in [0.1, 0.15) is 64.2 Å². The minimum Gasteiger partial charge on any atom is -0.478 e. The van der Waals surface area contributed by atoms with Crippen LogP contribution in [0.15, 0.2) is 54.6 Å². The molecule has 0 amide bonds. The average molecular weight is 512 g/mol. The highest BCUT2D eigenvalue weighted by molar-refractivity contribution is 5.92. The van der Waals surface area contributed by atoms with Gasteiger partial charge in [-0.25, -0.2) is 19.2 Å². The van der Waals surface area contributed by atoms with E-state index in [1.54, 1.807) is 36.4 Å². The number of imidazole rings is 1. The van der Waals surface area contributed by atoms with E-state index in [4.69, 9.17) is 20.0 Å². The fourth-order valence-electron chi connectivity index (χ4n) is 5.62. The molecule has 1 saturated heterocycles. The molecule has 0 aliphatic carbocycles. The van der Waals surface area contributed by atoms with Gasteiger partial charge in [-0.3, -0.25) is 4.90 Å². The van der Waals surface area contributed by atoms with Gasteiger partial charge in [0.15, 0.2) is 0 Å². The van der Waals surface area contributed by atoms with Crippen molar-refractivity contribution in [2.45, 2.75) is 44.4 Å². The number of aromatic nitrogens is 3. The summed E-state index contributed by atoms with van der Waals surface area (Å²) in [5.74, 6) is 0.391. The SMILES string of the molecule is N#Cc1ccc(COc2cccc(C3CCN([C@@H]4CCn5c4nc4ccc(C(=O)O)cc45)CC3)n2)c(F)c1. The Hall–Kier alpha value is -4.29. The number of nitriles is 1. The summed E-state index contributed by atoms with van der Waals surface area (Å²) in [6.07, 6.45) is 2.88. The van der Waals surface area contributed by atoms with E-state index in [0.717, 1.165) is 61.4 Å². The van der Waals surface area contributed by atoms with Gasteiger partial charge < -0.3 is 14.4 Å². The van der Waals surface area contributed by atoms with Crippen molar-refractivity contribution in [1.82, 2.24) is 19.4 Å². The zero-order valence-corrected chi connectivity index (χ0v) is 20.7. The van der Waals surface area contributed by atoms with Crippen LogP contribution in [0.25, 0.3) is 11.0 Å². The summed E-state index contributed by atoms with van der Waals surface area (Å²) >= 11 is 0. The van der Waals surface area contributed by atoms with Crippen molar-refractivity contribution < 1.29 is 19.0 Å². The Morgan fingerprint density at radius 3 is 2.68 bits per heavy atom. The Bertz CT molecular complexity index is 1570. The molecular formula is C29H26FN5O3. The van der Waals surface area contributed by atoms with Gasteiger partial charge in [-0.2, -0.15) is 5.26 Å². The smallest absolute Gasteiger partial charge is 0.335 e. The average Bonchev–Trinajstić information content (AvgIpc) is 3.51. The molecule has 0 radical (unpaired) electrons. The van der Waals surface area contributed by atoms with Crippen molar-refractivity contribution in [3.63, 3.8) is 0 Å². The summed E-state index contributed by atoms with van der Waals surface area (Å²) in [4.78, 5) is 23.4. The zero-order valence-electron chi connectivity index (χ0n) is 20.7. The number of rotatable bonds is 6. The molecule has 4 aromatic rings. The van der Waals surface area contributed by atoms with E-state index in [2.05, 4.69) is 9.47 Å². The lowest BCUT2D eigenvalue weighted by Gasteiger charge is -2.35. The minimum absolute atomic E-state index is 0.0447. The highest BCUT2D eigenvalue weighted by atomic mass is 19.1. The Kier molecular flexibility index (Phi) is 6.26. The van der Waals surface area contributed by atoms with Crippen LogP contribution in [0.2, 0.25) is 0 Å². The van der Waals surface area contributed by atoms with Crippen LogP contribution in [-0.4, -0.2) is 43.6 Å². The normalized spacial score (nSPS) is 17.8. The quantitative estimate of drug-likeness (QED) is 0.387. The van der Waals surface area contributed by atoms with Gasteiger partial charge in [0.1, 0.15) is 18.2 Å². The van der Waals surface area contributed by atoms with Crippen LogP contribution in [0.3, 0.4) is 0 Å². The molecule has 1 N–H and O–H groups in total. The summed E-state index contributed by atoms with van der Waals surface area (Å²) in [7, 11) is 0. The van der Waals surface area contributed by atoms with Gasteiger partial charge in [0.25, 0.3) is 0 Å². The Balaban J connectivity index is 1.10. The van der Waals surface area contributed by atoms with Gasteiger partial charge >= 0.3 is 5.97 Å². The molecule has 6 rings (SSSR count). The highest BCUT2D eigenvalue weighted by Gasteiger charge is 2.34. The number of pyridine rings is 1. The fourth-order valence-corrected chi connectivity index (χ4v) is 5.62.